The van der Waals surface area contributed by atoms with E-state index >= 15 is 0 Å². The zero-order valence-electron chi connectivity index (χ0n) is 24.5. The van der Waals surface area contributed by atoms with Crippen molar-refractivity contribution in [2.24, 2.45) is 15.0 Å². The Kier molecular flexibility index (Phi) is 6.61. The maximum Gasteiger partial charge on any atom is 0.161 e. The van der Waals surface area contributed by atoms with Crippen LogP contribution in [0.25, 0.3) is 49.4 Å². The number of aromatic nitrogens is 1. The second-order valence-electron chi connectivity index (χ2n) is 10.9. The van der Waals surface area contributed by atoms with Crippen molar-refractivity contribution in [3.8, 4) is 5.69 Å². The van der Waals surface area contributed by atoms with Crippen molar-refractivity contribution in [2.45, 2.75) is 6.54 Å². The molecule has 0 aliphatic heterocycles. The first-order valence-corrected chi connectivity index (χ1v) is 14.9. The number of nitrogens with zero attached hydrogens (tertiary/aromatic N) is 4. The summed E-state index contributed by atoms with van der Waals surface area (Å²) < 4.78 is 8.69. The van der Waals surface area contributed by atoms with Crippen LogP contribution in [0.15, 0.2) is 165 Å². The van der Waals surface area contributed by atoms with E-state index in [4.69, 9.17) is 14.4 Å². The van der Waals surface area contributed by atoms with Gasteiger partial charge in [-0.1, -0.05) is 109 Å². The van der Waals surface area contributed by atoms with Gasteiger partial charge in [0.25, 0.3) is 0 Å². The first-order valence-electron chi connectivity index (χ1n) is 14.9. The predicted octanol–water partition coefficient (Wildman–Crippen LogP) is 9.78. The van der Waals surface area contributed by atoms with Gasteiger partial charge in [-0.05, 0) is 48.7 Å². The van der Waals surface area contributed by atoms with E-state index in [1.165, 1.54) is 5.39 Å². The zero-order valence-corrected chi connectivity index (χ0v) is 24.5. The molecule has 2 heterocycles. The van der Waals surface area contributed by atoms with E-state index in [0.717, 1.165) is 60.7 Å². The molecular formula is C40H28N4O. The lowest BCUT2D eigenvalue weighted by molar-refractivity contribution is 0.669. The molecule has 0 saturated carbocycles. The van der Waals surface area contributed by atoms with Crippen LogP contribution in [0.1, 0.15) is 16.7 Å². The van der Waals surface area contributed by atoms with E-state index < -0.39 is 0 Å². The number of benzene rings is 6. The topological polar surface area (TPSA) is 55.1 Å². The highest BCUT2D eigenvalue weighted by Crippen LogP contribution is 2.41. The first kappa shape index (κ1) is 26.5. The van der Waals surface area contributed by atoms with E-state index in [-0.39, 0.29) is 0 Å². The molecule has 0 atom stereocenters. The third-order valence-corrected chi connectivity index (χ3v) is 8.21. The van der Waals surface area contributed by atoms with Gasteiger partial charge in [0.05, 0.1) is 28.7 Å². The first-order chi connectivity index (χ1) is 22.3. The van der Waals surface area contributed by atoms with E-state index in [0.29, 0.717) is 18.2 Å². The lowest BCUT2D eigenvalue weighted by atomic mass is 10.1. The molecule has 0 N–H and O–H groups in total. The van der Waals surface area contributed by atoms with Gasteiger partial charge in [-0.25, -0.2) is 9.98 Å². The van der Waals surface area contributed by atoms with Crippen molar-refractivity contribution in [1.82, 2.24) is 4.57 Å². The molecular weight excluding hydrogens is 552 g/mol. The molecule has 6 aromatic carbocycles. The minimum atomic E-state index is 0.469. The molecule has 8 aromatic rings. The van der Waals surface area contributed by atoms with Crippen molar-refractivity contribution < 1.29 is 4.42 Å². The molecule has 0 aliphatic rings. The summed E-state index contributed by atoms with van der Waals surface area (Å²) in [5, 5.41) is 4.48. The lowest BCUT2D eigenvalue weighted by Gasteiger charge is -2.15. The highest BCUT2D eigenvalue weighted by Gasteiger charge is 2.21. The van der Waals surface area contributed by atoms with Gasteiger partial charge >= 0.3 is 0 Å². The van der Waals surface area contributed by atoms with Crippen molar-refractivity contribution in [1.29, 1.82) is 0 Å². The summed E-state index contributed by atoms with van der Waals surface area (Å²) in [5.41, 5.74) is 7.72. The number of amidine groups is 2. The maximum atomic E-state index is 6.35. The Morgan fingerprint density at radius 1 is 0.600 bits per heavy atom. The molecule has 8 rings (SSSR count). The van der Waals surface area contributed by atoms with Crippen molar-refractivity contribution >= 4 is 62.1 Å². The highest BCUT2D eigenvalue weighted by atomic mass is 16.3. The van der Waals surface area contributed by atoms with Crippen LogP contribution in [0.5, 0.6) is 0 Å². The fourth-order valence-corrected chi connectivity index (χ4v) is 6.18. The van der Waals surface area contributed by atoms with Gasteiger partial charge in [0.15, 0.2) is 11.7 Å². The monoisotopic (exact) mass is 580 g/mol. The van der Waals surface area contributed by atoms with Crippen LogP contribution in [0.3, 0.4) is 0 Å². The SMILES string of the molecule is C=N/C(=N\C(=N/Cc1ccccc1)c1ccccc1-n1c2ccccc2c2ccc3oc4ccccc4c3c21)c1ccccc1. The number of rotatable bonds is 5. The summed E-state index contributed by atoms with van der Waals surface area (Å²) in [7, 11) is 0. The van der Waals surface area contributed by atoms with Gasteiger partial charge in [-0.2, -0.15) is 0 Å². The number of aliphatic imine (C=N–C) groups is 3. The molecule has 214 valence electrons. The van der Waals surface area contributed by atoms with E-state index in [2.05, 4.69) is 95.1 Å². The quantitative estimate of drug-likeness (QED) is 0.148. The molecule has 0 amide bonds. The highest BCUT2D eigenvalue weighted by molar-refractivity contribution is 6.25. The second kappa shape index (κ2) is 11.2. The average Bonchev–Trinajstić information content (AvgIpc) is 3.65. The molecule has 0 aliphatic carbocycles. The van der Waals surface area contributed by atoms with E-state index in [9.17, 15) is 0 Å². The average molecular weight is 581 g/mol. The van der Waals surface area contributed by atoms with Crippen LogP contribution in [0.2, 0.25) is 0 Å². The summed E-state index contributed by atoms with van der Waals surface area (Å²) in [6.07, 6.45) is 0. The molecule has 0 saturated heterocycles. The van der Waals surface area contributed by atoms with Crippen LogP contribution in [-0.4, -0.2) is 23.0 Å². The summed E-state index contributed by atoms with van der Waals surface area (Å²) in [6.45, 7) is 4.33. The molecule has 0 fully saturated rings. The van der Waals surface area contributed by atoms with Crippen molar-refractivity contribution in [3.05, 3.63) is 162 Å². The smallest absolute Gasteiger partial charge is 0.161 e. The molecule has 0 unspecified atom stereocenters. The largest absolute Gasteiger partial charge is 0.456 e. The van der Waals surface area contributed by atoms with Crippen molar-refractivity contribution in [3.63, 3.8) is 0 Å². The zero-order chi connectivity index (χ0) is 30.2. The molecule has 45 heavy (non-hydrogen) atoms. The Morgan fingerprint density at radius 3 is 2.11 bits per heavy atom. The van der Waals surface area contributed by atoms with Crippen LogP contribution in [0.4, 0.5) is 0 Å². The molecule has 0 bridgehead atoms. The maximum absolute atomic E-state index is 6.35. The molecule has 2 aromatic heterocycles. The van der Waals surface area contributed by atoms with Gasteiger partial charge in [-0.15, -0.1) is 0 Å². The Hall–Kier alpha value is -6.07. The molecule has 5 heteroatoms. The summed E-state index contributed by atoms with van der Waals surface area (Å²) >= 11 is 0. The predicted molar refractivity (Wildman–Crippen MR) is 187 cm³/mol. The number of fused-ring (bicyclic) bond motifs is 7. The van der Waals surface area contributed by atoms with Crippen LogP contribution >= 0.6 is 0 Å². The van der Waals surface area contributed by atoms with E-state index in [1.807, 2.05) is 66.7 Å². The van der Waals surface area contributed by atoms with Crippen LogP contribution in [0, 0.1) is 0 Å². The van der Waals surface area contributed by atoms with Gasteiger partial charge < -0.3 is 8.98 Å². The number of furan rings is 1. The van der Waals surface area contributed by atoms with Crippen LogP contribution < -0.4 is 0 Å². The van der Waals surface area contributed by atoms with Gasteiger partial charge in [0.2, 0.25) is 0 Å². The summed E-state index contributed by atoms with van der Waals surface area (Å²) in [4.78, 5) is 14.5. The number of para-hydroxylation sites is 3. The van der Waals surface area contributed by atoms with Gasteiger partial charge in [-0.3, -0.25) is 4.99 Å². The van der Waals surface area contributed by atoms with E-state index in [1.54, 1.807) is 0 Å². The normalized spacial score (nSPS) is 12.4. The number of hydrogen-bond acceptors (Lipinski definition) is 2. The Labute approximate surface area is 260 Å². The fraction of sp³-hybridized carbons (Fsp3) is 0.0250. The summed E-state index contributed by atoms with van der Waals surface area (Å²) in [6, 6.07) is 49.5. The fourth-order valence-electron chi connectivity index (χ4n) is 6.18. The van der Waals surface area contributed by atoms with Crippen LogP contribution in [-0.2, 0) is 6.54 Å². The minimum absolute atomic E-state index is 0.469. The Balaban J connectivity index is 1.44. The van der Waals surface area contributed by atoms with Gasteiger partial charge in [0, 0.05) is 27.3 Å². The summed E-state index contributed by atoms with van der Waals surface area (Å²) in [5.74, 6) is 1.10. The third kappa shape index (κ3) is 4.62. The van der Waals surface area contributed by atoms with Gasteiger partial charge in [0.1, 0.15) is 11.2 Å². The lowest BCUT2D eigenvalue weighted by Crippen LogP contribution is -2.09. The second-order valence-corrected chi connectivity index (χ2v) is 10.9. The third-order valence-electron chi connectivity index (χ3n) is 8.21. The Morgan fingerprint density at radius 2 is 1.29 bits per heavy atom. The molecule has 5 nitrogen and oxygen atoms in total. The molecule has 0 radical (unpaired) electrons. The number of hydrogen-bond donors (Lipinski definition) is 0. The molecule has 0 spiro atoms. The van der Waals surface area contributed by atoms with Crippen molar-refractivity contribution in [2.75, 3.05) is 0 Å². The standard InChI is InChI=1S/C40H28N4O/c1-41-39(28-16-6-3-7-17-28)43-40(42-26-27-14-4-2-5-15-27)31-19-9-12-22-34(31)44-33-21-11-8-18-29(33)30-24-25-36-37(38(30)44)32-20-10-13-23-35(32)45-36/h2-25H,1,26H2/b42-40-,43-39-. The Bertz CT molecular complexity index is 2410. The minimum Gasteiger partial charge on any atom is -0.456 e.